The number of rotatable bonds is 5. The molecule has 1 amide bonds. The van der Waals surface area contributed by atoms with E-state index in [0.29, 0.717) is 32.5 Å². The van der Waals surface area contributed by atoms with Crippen LogP contribution in [0.3, 0.4) is 0 Å². The molecule has 4 aromatic rings. The average Bonchev–Trinajstić information content (AvgIpc) is 3.34. The lowest BCUT2D eigenvalue weighted by molar-refractivity contribution is 0.0989. The quantitative estimate of drug-likeness (QED) is 0.356. The number of aryl methyl sites for hydroxylation is 3. The van der Waals surface area contributed by atoms with Gasteiger partial charge in [0.15, 0.2) is 5.13 Å². The van der Waals surface area contributed by atoms with Gasteiger partial charge in [-0.1, -0.05) is 34.5 Å². The predicted molar refractivity (Wildman–Crippen MR) is 122 cm³/mol. The van der Waals surface area contributed by atoms with E-state index < -0.39 is 0 Å². The Morgan fingerprint density at radius 2 is 1.93 bits per heavy atom. The molecule has 0 bridgehead atoms. The van der Waals surface area contributed by atoms with Gasteiger partial charge in [0.1, 0.15) is 0 Å². The Bertz CT molecular complexity index is 1210. The summed E-state index contributed by atoms with van der Waals surface area (Å²) >= 11 is 15.0. The third-order valence-corrected chi connectivity index (χ3v) is 7.00. The zero-order valence-electron chi connectivity index (χ0n) is 16.1. The van der Waals surface area contributed by atoms with E-state index in [9.17, 15) is 4.79 Å². The molecular formula is C20H18Cl2N4OS2. The number of carbonyl (C=O) groups excluding carboxylic acids is 1. The minimum absolute atomic E-state index is 0.119. The maximum absolute atomic E-state index is 13.3. The van der Waals surface area contributed by atoms with Crippen molar-refractivity contribution in [2.24, 2.45) is 0 Å². The van der Waals surface area contributed by atoms with E-state index in [1.807, 2.05) is 43.7 Å². The topological polar surface area (TPSA) is 51.0 Å². The maximum Gasteiger partial charge on any atom is 0.270 e. The predicted octanol–water partition coefficient (Wildman–Crippen LogP) is 6.13. The molecule has 0 radical (unpaired) electrons. The van der Waals surface area contributed by atoms with Crippen molar-refractivity contribution in [2.45, 2.75) is 27.3 Å². The molecule has 5 nitrogen and oxygen atoms in total. The second-order valence-corrected chi connectivity index (χ2v) is 9.94. The summed E-state index contributed by atoms with van der Waals surface area (Å²) in [5, 5.41) is 5.81. The fourth-order valence-corrected chi connectivity index (χ4v) is 5.64. The van der Waals surface area contributed by atoms with Crippen LogP contribution in [-0.2, 0) is 6.54 Å². The van der Waals surface area contributed by atoms with E-state index in [1.54, 1.807) is 17.0 Å². The summed E-state index contributed by atoms with van der Waals surface area (Å²) in [7, 11) is 0. The van der Waals surface area contributed by atoms with E-state index in [0.717, 1.165) is 27.2 Å². The highest BCUT2D eigenvalue weighted by molar-refractivity contribution is 7.22. The highest BCUT2D eigenvalue weighted by Gasteiger charge is 2.23. The fourth-order valence-electron chi connectivity index (χ4n) is 3.20. The second-order valence-electron chi connectivity index (χ2n) is 6.78. The first-order valence-corrected chi connectivity index (χ1v) is 11.4. The molecule has 4 rings (SSSR count). The lowest BCUT2D eigenvalue weighted by atomic mass is 10.2. The number of nitrogens with zero attached hydrogens (tertiary/aromatic N) is 4. The molecular weight excluding hydrogens is 447 g/mol. The molecule has 0 fully saturated rings. The molecule has 29 heavy (non-hydrogen) atoms. The van der Waals surface area contributed by atoms with Crippen molar-refractivity contribution < 1.29 is 4.79 Å². The Labute approximate surface area is 186 Å². The molecule has 0 saturated heterocycles. The van der Waals surface area contributed by atoms with E-state index >= 15 is 0 Å². The van der Waals surface area contributed by atoms with E-state index in [-0.39, 0.29) is 5.91 Å². The van der Waals surface area contributed by atoms with Crippen LogP contribution in [0.4, 0.5) is 5.13 Å². The van der Waals surface area contributed by atoms with Gasteiger partial charge in [-0.2, -0.15) is 5.10 Å². The Hall–Kier alpha value is -1.93. The lowest BCUT2D eigenvalue weighted by Gasteiger charge is -2.19. The summed E-state index contributed by atoms with van der Waals surface area (Å²) in [5.74, 6) is -0.119. The summed E-state index contributed by atoms with van der Waals surface area (Å²) in [6.45, 7) is 6.95. The molecule has 0 spiro atoms. The van der Waals surface area contributed by atoms with Gasteiger partial charge in [-0.25, -0.2) is 4.98 Å². The molecule has 0 N–H and O–H groups in total. The zero-order chi connectivity index (χ0) is 20.7. The molecule has 0 atom stereocenters. The van der Waals surface area contributed by atoms with E-state index in [2.05, 4.69) is 5.10 Å². The summed E-state index contributed by atoms with van der Waals surface area (Å²) < 4.78 is 3.45. The van der Waals surface area contributed by atoms with Gasteiger partial charge < -0.3 is 0 Å². The van der Waals surface area contributed by atoms with Crippen molar-refractivity contribution in [3.8, 4) is 0 Å². The van der Waals surface area contributed by atoms with Crippen LogP contribution in [0.25, 0.3) is 10.2 Å². The Kier molecular flexibility index (Phi) is 5.66. The van der Waals surface area contributed by atoms with Crippen LogP contribution < -0.4 is 4.90 Å². The number of anilines is 1. The largest absolute Gasteiger partial charge is 0.281 e. The molecule has 0 saturated carbocycles. The van der Waals surface area contributed by atoms with Gasteiger partial charge in [0, 0.05) is 17.3 Å². The van der Waals surface area contributed by atoms with Gasteiger partial charge in [-0.05, 0) is 56.7 Å². The molecule has 150 valence electrons. The number of carbonyl (C=O) groups is 1. The van der Waals surface area contributed by atoms with Crippen LogP contribution in [0.5, 0.6) is 0 Å². The van der Waals surface area contributed by atoms with Gasteiger partial charge in [0.25, 0.3) is 5.91 Å². The maximum atomic E-state index is 13.3. The van der Waals surface area contributed by atoms with Crippen molar-refractivity contribution >= 4 is 67.1 Å². The van der Waals surface area contributed by atoms with Crippen LogP contribution in [0, 0.1) is 20.8 Å². The molecule has 3 aromatic heterocycles. The SMILES string of the molecule is Cc1cc(C)n(CCN(C(=O)c2ccc(Cl)s2)c2nc3c(C)cc(Cl)cc3s2)n1. The number of aromatic nitrogens is 3. The molecule has 3 heterocycles. The van der Waals surface area contributed by atoms with Gasteiger partial charge in [0.05, 0.1) is 31.7 Å². The molecule has 0 aliphatic heterocycles. The van der Waals surface area contributed by atoms with Gasteiger partial charge in [0.2, 0.25) is 0 Å². The molecule has 0 aliphatic carbocycles. The van der Waals surface area contributed by atoms with Gasteiger partial charge in [-0.15, -0.1) is 11.3 Å². The molecule has 1 aromatic carbocycles. The third-order valence-electron chi connectivity index (χ3n) is 4.54. The Morgan fingerprint density at radius 1 is 1.14 bits per heavy atom. The van der Waals surface area contributed by atoms with Crippen LogP contribution >= 0.6 is 45.9 Å². The number of benzene rings is 1. The number of hydrogen-bond acceptors (Lipinski definition) is 5. The lowest BCUT2D eigenvalue weighted by Crippen LogP contribution is -2.33. The van der Waals surface area contributed by atoms with Crippen LogP contribution in [-0.4, -0.2) is 27.2 Å². The monoisotopic (exact) mass is 464 g/mol. The average molecular weight is 465 g/mol. The van der Waals surface area contributed by atoms with E-state index in [4.69, 9.17) is 28.2 Å². The third kappa shape index (κ3) is 4.19. The number of hydrogen-bond donors (Lipinski definition) is 0. The number of fused-ring (bicyclic) bond motifs is 1. The first-order valence-electron chi connectivity index (χ1n) is 8.97. The highest BCUT2D eigenvalue weighted by atomic mass is 35.5. The summed E-state index contributed by atoms with van der Waals surface area (Å²) in [5.41, 5.74) is 3.86. The molecule has 9 heteroatoms. The number of amides is 1. The number of thiophene rings is 1. The standard InChI is InChI=1S/C20H18Cl2N4OS2/c1-11-8-14(21)10-16-18(11)23-20(29-16)25(19(27)15-4-5-17(22)28-15)6-7-26-13(3)9-12(2)24-26/h4-5,8-10H,6-7H2,1-3H3. The second kappa shape index (κ2) is 8.07. The van der Waals surface area contributed by atoms with Gasteiger partial charge in [-0.3, -0.25) is 14.4 Å². The smallest absolute Gasteiger partial charge is 0.270 e. The van der Waals surface area contributed by atoms with Crippen LogP contribution in [0.2, 0.25) is 9.36 Å². The number of thiazole rings is 1. The van der Waals surface area contributed by atoms with Crippen LogP contribution in [0.1, 0.15) is 26.6 Å². The first-order chi connectivity index (χ1) is 13.8. The number of halogens is 2. The van der Waals surface area contributed by atoms with Crippen molar-refractivity contribution in [2.75, 3.05) is 11.4 Å². The summed E-state index contributed by atoms with van der Waals surface area (Å²) in [6, 6.07) is 9.28. The first kappa shape index (κ1) is 20.3. The highest BCUT2D eigenvalue weighted by Crippen LogP contribution is 2.34. The van der Waals surface area contributed by atoms with Crippen molar-refractivity contribution in [3.05, 3.63) is 61.5 Å². The summed E-state index contributed by atoms with van der Waals surface area (Å²) in [4.78, 5) is 20.3. The zero-order valence-corrected chi connectivity index (χ0v) is 19.2. The Morgan fingerprint density at radius 3 is 2.59 bits per heavy atom. The minimum atomic E-state index is -0.119. The van der Waals surface area contributed by atoms with E-state index in [1.165, 1.54) is 22.7 Å². The van der Waals surface area contributed by atoms with Crippen molar-refractivity contribution in [1.29, 1.82) is 0 Å². The van der Waals surface area contributed by atoms with Crippen molar-refractivity contribution in [1.82, 2.24) is 14.8 Å². The molecule has 0 unspecified atom stereocenters. The Balaban J connectivity index is 1.72. The molecule has 0 aliphatic rings. The summed E-state index contributed by atoms with van der Waals surface area (Å²) in [6.07, 6.45) is 0. The normalized spacial score (nSPS) is 11.3. The minimum Gasteiger partial charge on any atom is -0.281 e. The van der Waals surface area contributed by atoms with Crippen molar-refractivity contribution in [3.63, 3.8) is 0 Å². The van der Waals surface area contributed by atoms with Gasteiger partial charge >= 0.3 is 0 Å². The van der Waals surface area contributed by atoms with Crippen LogP contribution in [0.15, 0.2) is 30.3 Å². The fraction of sp³-hybridized carbons (Fsp3) is 0.250.